The lowest BCUT2D eigenvalue weighted by Gasteiger charge is -2.22. The summed E-state index contributed by atoms with van der Waals surface area (Å²) < 4.78 is 0. The van der Waals surface area contributed by atoms with Crippen LogP contribution in [-0.4, -0.2) is 11.3 Å². The van der Waals surface area contributed by atoms with Crippen molar-refractivity contribution >= 4 is 5.78 Å². The van der Waals surface area contributed by atoms with E-state index in [-0.39, 0.29) is 5.78 Å². The van der Waals surface area contributed by atoms with Gasteiger partial charge in [0.2, 0.25) is 0 Å². The Hall–Kier alpha value is -2.44. The van der Waals surface area contributed by atoms with Crippen LogP contribution in [0.4, 0.5) is 0 Å². The maximum absolute atomic E-state index is 11.8. The van der Waals surface area contributed by atoms with E-state index < -0.39 is 5.54 Å². The Labute approximate surface area is 131 Å². The SMILES string of the molecule is CCC(=O)[C@@](C)(N)Cc1ccc(-c2ccc(C#N)cc2)cc1. The van der Waals surface area contributed by atoms with Crippen LogP contribution in [0, 0.1) is 11.3 Å². The number of benzene rings is 2. The second-order valence-electron chi connectivity index (χ2n) is 5.76. The molecule has 2 N–H and O–H groups in total. The van der Waals surface area contributed by atoms with Gasteiger partial charge in [-0.15, -0.1) is 0 Å². The summed E-state index contributed by atoms with van der Waals surface area (Å²) in [5.41, 5.74) is 9.12. The summed E-state index contributed by atoms with van der Waals surface area (Å²) in [4.78, 5) is 11.8. The quantitative estimate of drug-likeness (QED) is 0.917. The van der Waals surface area contributed by atoms with Crippen molar-refractivity contribution in [2.75, 3.05) is 0 Å². The van der Waals surface area contributed by atoms with Gasteiger partial charge in [0.15, 0.2) is 5.78 Å². The maximum atomic E-state index is 11.8. The highest BCUT2D eigenvalue weighted by atomic mass is 16.1. The van der Waals surface area contributed by atoms with Gasteiger partial charge in [-0.25, -0.2) is 0 Å². The van der Waals surface area contributed by atoms with E-state index in [1.807, 2.05) is 43.3 Å². The average Bonchev–Trinajstić information content (AvgIpc) is 2.54. The molecule has 0 aliphatic rings. The van der Waals surface area contributed by atoms with Gasteiger partial charge in [0, 0.05) is 6.42 Å². The first-order chi connectivity index (χ1) is 10.5. The Balaban J connectivity index is 2.16. The lowest BCUT2D eigenvalue weighted by atomic mass is 9.88. The zero-order chi connectivity index (χ0) is 16.2. The number of carbonyl (C=O) groups excluding carboxylic acids is 1. The summed E-state index contributed by atoms with van der Waals surface area (Å²) >= 11 is 0. The normalized spacial score (nSPS) is 13.2. The van der Waals surface area contributed by atoms with Crippen LogP contribution in [0.15, 0.2) is 48.5 Å². The van der Waals surface area contributed by atoms with Crippen LogP contribution in [0.25, 0.3) is 11.1 Å². The highest BCUT2D eigenvalue weighted by Gasteiger charge is 2.26. The Kier molecular flexibility index (Phi) is 4.75. The topological polar surface area (TPSA) is 66.9 Å². The Morgan fingerprint density at radius 2 is 1.59 bits per heavy atom. The van der Waals surface area contributed by atoms with E-state index in [2.05, 4.69) is 6.07 Å². The fraction of sp³-hybridized carbons (Fsp3) is 0.263. The van der Waals surface area contributed by atoms with Crippen molar-refractivity contribution in [2.24, 2.45) is 5.73 Å². The zero-order valence-electron chi connectivity index (χ0n) is 13.0. The van der Waals surface area contributed by atoms with Gasteiger partial charge in [-0.3, -0.25) is 4.79 Å². The molecule has 22 heavy (non-hydrogen) atoms. The molecule has 1 atom stereocenters. The highest BCUT2D eigenvalue weighted by molar-refractivity contribution is 5.87. The van der Waals surface area contributed by atoms with Crippen molar-refractivity contribution in [3.05, 3.63) is 59.7 Å². The molecule has 0 saturated carbocycles. The van der Waals surface area contributed by atoms with Gasteiger partial charge in [0.25, 0.3) is 0 Å². The van der Waals surface area contributed by atoms with Crippen LogP contribution in [-0.2, 0) is 11.2 Å². The van der Waals surface area contributed by atoms with Crippen LogP contribution in [0.5, 0.6) is 0 Å². The molecule has 0 bridgehead atoms. The fourth-order valence-corrected chi connectivity index (χ4v) is 2.48. The van der Waals surface area contributed by atoms with Gasteiger partial charge in [-0.05, 0) is 42.2 Å². The Bertz CT molecular complexity index is 692. The number of hydrogen-bond acceptors (Lipinski definition) is 3. The van der Waals surface area contributed by atoms with E-state index in [0.29, 0.717) is 18.4 Å². The second-order valence-corrected chi connectivity index (χ2v) is 5.76. The van der Waals surface area contributed by atoms with Crippen molar-refractivity contribution in [1.82, 2.24) is 0 Å². The monoisotopic (exact) mass is 292 g/mol. The molecule has 0 aliphatic carbocycles. The largest absolute Gasteiger partial charge is 0.319 e. The molecule has 0 amide bonds. The molecule has 0 unspecified atom stereocenters. The molecule has 0 fully saturated rings. The first-order valence-corrected chi connectivity index (χ1v) is 7.38. The van der Waals surface area contributed by atoms with Crippen LogP contribution < -0.4 is 5.73 Å². The van der Waals surface area contributed by atoms with Crippen LogP contribution in [0.2, 0.25) is 0 Å². The number of nitrogens with two attached hydrogens (primary N) is 1. The lowest BCUT2D eigenvalue weighted by Crippen LogP contribution is -2.46. The summed E-state index contributed by atoms with van der Waals surface area (Å²) in [6, 6.07) is 17.6. The smallest absolute Gasteiger partial charge is 0.152 e. The van der Waals surface area contributed by atoms with Gasteiger partial charge < -0.3 is 5.73 Å². The van der Waals surface area contributed by atoms with E-state index >= 15 is 0 Å². The molecule has 2 aromatic carbocycles. The van der Waals surface area contributed by atoms with Gasteiger partial charge >= 0.3 is 0 Å². The summed E-state index contributed by atoms with van der Waals surface area (Å²) in [6.07, 6.45) is 0.990. The predicted molar refractivity (Wildman–Crippen MR) is 88.2 cm³/mol. The van der Waals surface area contributed by atoms with Crippen molar-refractivity contribution in [3.63, 3.8) is 0 Å². The molecule has 3 heteroatoms. The predicted octanol–water partition coefficient (Wildman–Crippen LogP) is 3.46. The number of rotatable bonds is 5. The molecule has 0 aliphatic heterocycles. The molecule has 112 valence electrons. The fourth-order valence-electron chi connectivity index (χ4n) is 2.48. The Morgan fingerprint density at radius 1 is 1.09 bits per heavy atom. The summed E-state index contributed by atoms with van der Waals surface area (Å²) in [5, 5.41) is 8.82. The minimum atomic E-state index is -0.815. The highest BCUT2D eigenvalue weighted by Crippen LogP contribution is 2.22. The van der Waals surface area contributed by atoms with Crippen LogP contribution >= 0.6 is 0 Å². The molecule has 0 spiro atoms. The molecule has 3 nitrogen and oxygen atoms in total. The number of carbonyl (C=O) groups is 1. The molecular formula is C19H20N2O. The first-order valence-electron chi connectivity index (χ1n) is 7.38. The third-order valence-electron chi connectivity index (χ3n) is 3.83. The van der Waals surface area contributed by atoms with Gasteiger partial charge in [-0.1, -0.05) is 43.3 Å². The van der Waals surface area contributed by atoms with Crippen LogP contribution in [0.3, 0.4) is 0 Å². The van der Waals surface area contributed by atoms with Crippen molar-refractivity contribution in [1.29, 1.82) is 5.26 Å². The third kappa shape index (κ3) is 3.60. The van der Waals surface area contributed by atoms with Crippen molar-refractivity contribution in [3.8, 4) is 17.2 Å². The Morgan fingerprint density at radius 3 is 2.05 bits per heavy atom. The van der Waals surface area contributed by atoms with E-state index in [1.165, 1.54) is 0 Å². The van der Waals surface area contributed by atoms with E-state index in [9.17, 15) is 4.79 Å². The van der Waals surface area contributed by atoms with E-state index in [4.69, 9.17) is 11.0 Å². The molecule has 0 saturated heterocycles. The molecule has 0 radical (unpaired) electrons. The molecule has 2 rings (SSSR count). The standard InChI is InChI=1S/C19H20N2O/c1-3-18(22)19(2,21)12-14-4-8-16(9-5-14)17-10-6-15(13-20)7-11-17/h4-11H,3,12,21H2,1-2H3/t19-/m0/s1. The summed E-state index contributed by atoms with van der Waals surface area (Å²) in [6.45, 7) is 3.62. The number of Topliss-reactive ketones (excluding diaryl/α,β-unsaturated/α-hetero) is 1. The van der Waals surface area contributed by atoms with Crippen molar-refractivity contribution < 1.29 is 4.79 Å². The van der Waals surface area contributed by atoms with E-state index in [0.717, 1.165) is 16.7 Å². The van der Waals surface area contributed by atoms with Gasteiger partial charge in [-0.2, -0.15) is 5.26 Å². The van der Waals surface area contributed by atoms with Gasteiger partial charge in [0.05, 0.1) is 17.2 Å². The zero-order valence-corrected chi connectivity index (χ0v) is 13.0. The minimum Gasteiger partial charge on any atom is -0.319 e. The minimum absolute atomic E-state index is 0.0728. The number of nitriles is 1. The lowest BCUT2D eigenvalue weighted by molar-refractivity contribution is -0.123. The van der Waals surface area contributed by atoms with Crippen molar-refractivity contribution in [2.45, 2.75) is 32.2 Å². The number of ketones is 1. The average molecular weight is 292 g/mol. The first kappa shape index (κ1) is 15.9. The third-order valence-corrected chi connectivity index (χ3v) is 3.83. The second kappa shape index (κ2) is 6.55. The molecule has 0 heterocycles. The molecule has 2 aromatic rings. The summed E-state index contributed by atoms with van der Waals surface area (Å²) in [7, 11) is 0. The molecule has 0 aromatic heterocycles. The summed E-state index contributed by atoms with van der Waals surface area (Å²) in [5.74, 6) is 0.0728. The van der Waals surface area contributed by atoms with E-state index in [1.54, 1.807) is 19.1 Å². The number of hydrogen-bond donors (Lipinski definition) is 1. The maximum Gasteiger partial charge on any atom is 0.152 e. The molecular weight excluding hydrogens is 272 g/mol. The number of nitrogens with zero attached hydrogens (tertiary/aromatic N) is 1. The van der Waals surface area contributed by atoms with Gasteiger partial charge in [0.1, 0.15) is 0 Å². The van der Waals surface area contributed by atoms with Crippen LogP contribution in [0.1, 0.15) is 31.4 Å².